The number of hydrogen-bond acceptors (Lipinski definition) is 2. The van der Waals surface area contributed by atoms with Gasteiger partial charge in [-0.25, -0.2) is 4.79 Å². The van der Waals surface area contributed by atoms with Gasteiger partial charge in [0.2, 0.25) is 0 Å². The average Bonchev–Trinajstić information content (AvgIpc) is 2.27. The zero-order valence-corrected chi connectivity index (χ0v) is 11.1. The molecule has 0 aliphatic carbocycles. The van der Waals surface area contributed by atoms with Crippen molar-refractivity contribution in [2.24, 2.45) is 0 Å². The Morgan fingerprint density at radius 2 is 2.31 bits per heavy atom. The second-order valence-electron chi connectivity index (χ2n) is 3.24. The zero-order valence-electron chi connectivity index (χ0n) is 8.74. The number of carbonyl (C=O) groups is 1. The number of alkyl halides is 1. The van der Waals surface area contributed by atoms with Crippen LogP contribution in [0.3, 0.4) is 0 Å². The van der Waals surface area contributed by atoms with Gasteiger partial charge in [-0.2, -0.15) is 0 Å². The van der Waals surface area contributed by atoms with E-state index in [1.54, 1.807) is 25.1 Å². The van der Waals surface area contributed by atoms with Crippen LogP contribution in [-0.2, 0) is 10.1 Å². The van der Waals surface area contributed by atoms with Crippen molar-refractivity contribution >= 4 is 33.5 Å². The van der Waals surface area contributed by atoms with Crippen LogP contribution in [0.1, 0.15) is 18.9 Å². The first-order valence-corrected chi connectivity index (χ1v) is 6.32. The van der Waals surface area contributed by atoms with Crippen LogP contribution in [0.5, 0.6) is 5.75 Å². The lowest BCUT2D eigenvalue weighted by Crippen LogP contribution is -2.25. The van der Waals surface area contributed by atoms with Gasteiger partial charge in [-0.1, -0.05) is 34.5 Å². The second-order valence-corrected chi connectivity index (χ2v) is 4.21. The van der Waals surface area contributed by atoms with Crippen molar-refractivity contribution in [2.45, 2.75) is 24.8 Å². The predicted molar refractivity (Wildman–Crippen MR) is 66.4 cm³/mol. The van der Waals surface area contributed by atoms with E-state index in [1.165, 1.54) is 0 Å². The molecule has 0 unspecified atom stereocenters. The molecule has 0 spiro atoms. The quantitative estimate of drug-likeness (QED) is 0.847. The number of rotatable bonds is 5. The lowest BCUT2D eigenvalue weighted by Gasteiger charge is -2.14. The minimum absolute atomic E-state index is 0.418. The normalized spacial score (nSPS) is 12.2. The molecule has 88 valence electrons. The van der Waals surface area contributed by atoms with Gasteiger partial charge < -0.3 is 9.84 Å². The highest BCUT2D eigenvalue weighted by molar-refractivity contribution is 9.08. The highest BCUT2D eigenvalue weighted by Gasteiger charge is 2.16. The molecule has 0 heterocycles. The highest BCUT2D eigenvalue weighted by atomic mass is 79.9. The van der Waals surface area contributed by atoms with E-state index in [0.717, 1.165) is 5.56 Å². The number of carboxylic acid groups (broad SMARTS) is 1. The van der Waals surface area contributed by atoms with Gasteiger partial charge in [-0.05, 0) is 30.2 Å². The molecule has 1 rings (SSSR count). The summed E-state index contributed by atoms with van der Waals surface area (Å²) in [7, 11) is 0. The van der Waals surface area contributed by atoms with Gasteiger partial charge in [0.15, 0.2) is 6.10 Å². The zero-order chi connectivity index (χ0) is 12.1. The summed E-state index contributed by atoms with van der Waals surface area (Å²) < 4.78 is 5.34. The first-order chi connectivity index (χ1) is 7.58. The van der Waals surface area contributed by atoms with Gasteiger partial charge in [-0.3, -0.25) is 0 Å². The van der Waals surface area contributed by atoms with E-state index in [4.69, 9.17) is 21.4 Å². The molecule has 1 N–H and O–H groups in total. The van der Waals surface area contributed by atoms with Crippen molar-refractivity contribution in [3.05, 3.63) is 28.8 Å². The van der Waals surface area contributed by atoms with Crippen molar-refractivity contribution in [2.75, 3.05) is 0 Å². The molecule has 0 fully saturated rings. The Morgan fingerprint density at radius 1 is 1.62 bits per heavy atom. The van der Waals surface area contributed by atoms with E-state index < -0.39 is 12.1 Å². The van der Waals surface area contributed by atoms with Crippen LogP contribution in [0.25, 0.3) is 0 Å². The summed E-state index contributed by atoms with van der Waals surface area (Å²) in [5.74, 6) is -0.439. The molecule has 0 aromatic heterocycles. The summed E-state index contributed by atoms with van der Waals surface area (Å²) in [5, 5.41) is 10.1. The van der Waals surface area contributed by atoms with Crippen molar-refractivity contribution in [1.82, 2.24) is 0 Å². The molecule has 5 heteroatoms. The second kappa shape index (κ2) is 6.11. The van der Waals surface area contributed by atoms with Gasteiger partial charge in [0.25, 0.3) is 0 Å². The smallest absolute Gasteiger partial charge is 0.344 e. The molecule has 16 heavy (non-hydrogen) atoms. The standard InChI is InChI=1S/C11H12BrClO3/c1-2-10(11(14)15)16-8-3-4-9(13)7(5-8)6-12/h3-5,10H,2,6H2,1H3,(H,14,15)/t10-/m0/s1. The molecule has 1 atom stereocenters. The molecule has 1 aromatic carbocycles. The Kier molecular flexibility index (Phi) is 5.09. The maximum absolute atomic E-state index is 10.8. The largest absolute Gasteiger partial charge is 0.479 e. The minimum atomic E-state index is -0.960. The summed E-state index contributed by atoms with van der Waals surface area (Å²) in [6.45, 7) is 1.76. The Balaban J connectivity index is 2.84. The number of benzene rings is 1. The third kappa shape index (κ3) is 3.39. The molecule has 0 amide bonds. The summed E-state index contributed by atoms with van der Waals surface area (Å²) >= 11 is 9.23. The van der Waals surface area contributed by atoms with Crippen LogP contribution in [-0.4, -0.2) is 17.2 Å². The van der Waals surface area contributed by atoms with E-state index in [1.807, 2.05) is 0 Å². The molecule has 0 radical (unpaired) electrons. The Bertz CT molecular complexity index is 381. The summed E-state index contributed by atoms with van der Waals surface area (Å²) in [6.07, 6.45) is -0.397. The number of carboxylic acids is 1. The maximum Gasteiger partial charge on any atom is 0.344 e. The van der Waals surface area contributed by atoms with Crippen LogP contribution in [0.4, 0.5) is 0 Å². The molecule has 0 aliphatic rings. The van der Waals surface area contributed by atoms with Crippen LogP contribution in [0.2, 0.25) is 5.02 Å². The van der Waals surface area contributed by atoms with Gasteiger partial charge in [0.1, 0.15) is 5.75 Å². The van der Waals surface area contributed by atoms with E-state index >= 15 is 0 Å². The molecule has 0 aliphatic heterocycles. The molecule has 3 nitrogen and oxygen atoms in total. The molecule has 0 saturated carbocycles. The first-order valence-electron chi connectivity index (χ1n) is 4.82. The SMILES string of the molecule is CC[C@H](Oc1ccc(Cl)c(CBr)c1)C(=O)O. The van der Waals surface area contributed by atoms with E-state index in [-0.39, 0.29) is 0 Å². The van der Waals surface area contributed by atoms with Crippen LogP contribution >= 0.6 is 27.5 Å². The van der Waals surface area contributed by atoms with Crippen molar-refractivity contribution < 1.29 is 14.6 Å². The lowest BCUT2D eigenvalue weighted by atomic mass is 10.2. The van der Waals surface area contributed by atoms with E-state index in [2.05, 4.69) is 15.9 Å². The van der Waals surface area contributed by atoms with Crippen LogP contribution in [0.15, 0.2) is 18.2 Å². The Labute approximate surface area is 107 Å². The molecule has 1 aromatic rings. The van der Waals surface area contributed by atoms with E-state index in [0.29, 0.717) is 22.5 Å². The third-order valence-electron chi connectivity index (χ3n) is 2.09. The predicted octanol–water partition coefficient (Wildman–Crippen LogP) is 3.48. The lowest BCUT2D eigenvalue weighted by molar-refractivity contribution is -0.145. The Morgan fingerprint density at radius 3 is 2.81 bits per heavy atom. The first kappa shape index (κ1) is 13.3. The Hall–Kier alpha value is -0.740. The number of ether oxygens (including phenoxy) is 1. The number of aliphatic carboxylic acids is 1. The maximum atomic E-state index is 10.8. The third-order valence-corrected chi connectivity index (χ3v) is 3.06. The molecular weight excluding hydrogens is 295 g/mol. The topological polar surface area (TPSA) is 46.5 Å². The highest BCUT2D eigenvalue weighted by Crippen LogP contribution is 2.25. The summed E-state index contributed by atoms with van der Waals surface area (Å²) in [5.41, 5.74) is 0.874. The van der Waals surface area contributed by atoms with Crippen molar-refractivity contribution in [3.63, 3.8) is 0 Å². The number of halogens is 2. The van der Waals surface area contributed by atoms with Crippen LogP contribution in [0, 0.1) is 0 Å². The van der Waals surface area contributed by atoms with E-state index in [9.17, 15) is 4.79 Å². The van der Waals surface area contributed by atoms with Gasteiger partial charge in [-0.15, -0.1) is 0 Å². The van der Waals surface area contributed by atoms with Crippen molar-refractivity contribution in [3.8, 4) is 5.75 Å². The molecule has 0 bridgehead atoms. The fraction of sp³-hybridized carbons (Fsp3) is 0.364. The molecular formula is C11H12BrClO3. The molecule has 0 saturated heterocycles. The minimum Gasteiger partial charge on any atom is -0.479 e. The van der Waals surface area contributed by atoms with Crippen molar-refractivity contribution in [1.29, 1.82) is 0 Å². The number of hydrogen-bond donors (Lipinski definition) is 1. The monoisotopic (exact) mass is 306 g/mol. The fourth-order valence-corrected chi connectivity index (χ4v) is 2.01. The fourth-order valence-electron chi connectivity index (χ4n) is 1.20. The van der Waals surface area contributed by atoms with Crippen LogP contribution < -0.4 is 4.74 Å². The summed E-state index contributed by atoms with van der Waals surface area (Å²) in [6, 6.07) is 5.10. The average molecular weight is 308 g/mol. The van der Waals surface area contributed by atoms with Gasteiger partial charge in [0.05, 0.1) is 0 Å². The summed E-state index contributed by atoms with van der Waals surface area (Å²) in [4.78, 5) is 10.8. The van der Waals surface area contributed by atoms with Gasteiger partial charge >= 0.3 is 5.97 Å². The van der Waals surface area contributed by atoms with Gasteiger partial charge in [0, 0.05) is 10.4 Å².